The number of hydrogen-bond acceptors (Lipinski definition) is 4. The third kappa shape index (κ3) is 5.27. The molecular weight excluding hydrogens is 425 g/mol. The summed E-state index contributed by atoms with van der Waals surface area (Å²) in [6, 6.07) is 15.4. The van der Waals surface area contributed by atoms with E-state index in [1.807, 2.05) is 30.3 Å². The summed E-state index contributed by atoms with van der Waals surface area (Å²) in [7, 11) is 0. The van der Waals surface area contributed by atoms with Gasteiger partial charge in [0.05, 0.1) is 11.4 Å². The minimum atomic E-state index is -0.382. The number of thioether (sulfide) groups is 1. The zero-order valence-electron chi connectivity index (χ0n) is 18.0. The molecule has 2 atom stereocenters. The highest BCUT2D eigenvalue weighted by atomic mass is 32.2. The molecule has 1 heterocycles. The summed E-state index contributed by atoms with van der Waals surface area (Å²) < 4.78 is 13.4. The Morgan fingerprint density at radius 3 is 2.59 bits per heavy atom. The number of carbonyl (C=O) groups excluding carboxylic acids is 2. The van der Waals surface area contributed by atoms with E-state index in [2.05, 4.69) is 17.2 Å². The van der Waals surface area contributed by atoms with Crippen molar-refractivity contribution in [3.63, 3.8) is 0 Å². The van der Waals surface area contributed by atoms with E-state index in [0.717, 1.165) is 24.8 Å². The normalized spacial score (nSPS) is 22.2. The molecule has 4 rings (SSSR count). The molecule has 1 N–H and O–H groups in total. The second kappa shape index (κ2) is 10.1. The van der Waals surface area contributed by atoms with Gasteiger partial charge in [0.2, 0.25) is 5.91 Å². The Morgan fingerprint density at radius 2 is 1.88 bits per heavy atom. The maximum atomic E-state index is 13.4. The van der Waals surface area contributed by atoms with E-state index in [9.17, 15) is 14.0 Å². The van der Waals surface area contributed by atoms with Crippen LogP contribution in [0.1, 0.15) is 38.2 Å². The summed E-state index contributed by atoms with van der Waals surface area (Å²) in [5.41, 5.74) is 1.65. The van der Waals surface area contributed by atoms with E-state index < -0.39 is 0 Å². The number of carbonyl (C=O) groups is 2. The molecule has 2 unspecified atom stereocenters. The second-order valence-electron chi connectivity index (χ2n) is 8.18. The number of halogens is 1. The van der Waals surface area contributed by atoms with Gasteiger partial charge in [-0.2, -0.15) is 0 Å². The Bertz CT molecular complexity index is 1040. The summed E-state index contributed by atoms with van der Waals surface area (Å²) in [6.45, 7) is 2.17. The van der Waals surface area contributed by atoms with Crippen molar-refractivity contribution in [1.29, 1.82) is 0 Å². The molecule has 0 saturated heterocycles. The molecule has 2 aromatic rings. The Labute approximate surface area is 191 Å². The van der Waals surface area contributed by atoms with Gasteiger partial charge in [-0.25, -0.2) is 9.38 Å². The number of amidine groups is 1. The van der Waals surface area contributed by atoms with Gasteiger partial charge in [0.25, 0.3) is 5.91 Å². The Hall–Kier alpha value is -2.93. The van der Waals surface area contributed by atoms with E-state index in [-0.39, 0.29) is 35.1 Å². The van der Waals surface area contributed by atoms with E-state index >= 15 is 0 Å². The van der Waals surface area contributed by atoms with E-state index in [1.165, 1.54) is 35.2 Å². The summed E-state index contributed by atoms with van der Waals surface area (Å²) >= 11 is 1.22. The summed E-state index contributed by atoms with van der Waals surface area (Å²) in [6.07, 6.45) is 6.20. The van der Waals surface area contributed by atoms with Crippen molar-refractivity contribution in [3.05, 3.63) is 71.7 Å². The highest BCUT2D eigenvalue weighted by Gasteiger charge is 2.32. The summed E-state index contributed by atoms with van der Waals surface area (Å²) in [5.74, 6) is -0.120. The fourth-order valence-corrected chi connectivity index (χ4v) is 4.85. The quantitative estimate of drug-likeness (QED) is 0.651. The van der Waals surface area contributed by atoms with Crippen LogP contribution in [0.25, 0.3) is 6.08 Å². The van der Waals surface area contributed by atoms with Crippen molar-refractivity contribution in [2.45, 2.75) is 38.6 Å². The Morgan fingerprint density at radius 1 is 1.16 bits per heavy atom. The molecule has 0 spiro atoms. The summed E-state index contributed by atoms with van der Waals surface area (Å²) in [5, 5.41) is 3.55. The van der Waals surface area contributed by atoms with Gasteiger partial charge in [0.1, 0.15) is 11.5 Å². The first kappa shape index (κ1) is 22.3. The van der Waals surface area contributed by atoms with Gasteiger partial charge in [-0.05, 0) is 54.7 Å². The van der Waals surface area contributed by atoms with Crippen LogP contribution in [-0.4, -0.2) is 28.8 Å². The highest BCUT2D eigenvalue weighted by molar-refractivity contribution is 8.14. The molecule has 2 aliphatic rings. The van der Waals surface area contributed by atoms with Crippen molar-refractivity contribution in [3.8, 4) is 0 Å². The number of nitrogens with zero attached hydrogens (tertiary/aromatic N) is 2. The maximum Gasteiger partial charge on any atom is 0.283 e. The topological polar surface area (TPSA) is 61.8 Å². The minimum Gasteiger partial charge on any atom is -0.352 e. The molecule has 0 bridgehead atoms. The molecule has 7 heteroatoms. The molecular formula is C25H26FN3O2S. The fourth-order valence-electron chi connectivity index (χ4n) is 4.03. The van der Waals surface area contributed by atoms with Crippen LogP contribution in [0.15, 0.2) is 65.3 Å². The predicted octanol–water partition coefficient (Wildman–Crippen LogP) is 5.00. The average molecular weight is 452 g/mol. The number of rotatable bonds is 5. The molecule has 32 heavy (non-hydrogen) atoms. The van der Waals surface area contributed by atoms with Gasteiger partial charge < -0.3 is 5.32 Å². The van der Waals surface area contributed by atoms with Crippen molar-refractivity contribution < 1.29 is 14.0 Å². The van der Waals surface area contributed by atoms with Gasteiger partial charge in [-0.1, -0.05) is 61.9 Å². The zero-order chi connectivity index (χ0) is 22.5. The lowest BCUT2D eigenvalue weighted by molar-refractivity contribution is -0.119. The van der Waals surface area contributed by atoms with Gasteiger partial charge in [-0.15, -0.1) is 0 Å². The molecule has 0 aromatic heterocycles. The third-order valence-electron chi connectivity index (χ3n) is 5.81. The van der Waals surface area contributed by atoms with Gasteiger partial charge in [0, 0.05) is 6.04 Å². The number of nitrogens with one attached hydrogen (secondary N) is 1. The van der Waals surface area contributed by atoms with Crippen molar-refractivity contribution in [2.24, 2.45) is 10.9 Å². The molecule has 2 aromatic carbocycles. The minimum absolute atomic E-state index is 0.0663. The monoisotopic (exact) mass is 451 g/mol. The van der Waals surface area contributed by atoms with Crippen molar-refractivity contribution >= 4 is 40.5 Å². The number of amides is 2. The van der Waals surface area contributed by atoms with Crippen LogP contribution >= 0.6 is 11.8 Å². The van der Waals surface area contributed by atoms with Gasteiger partial charge in [-0.3, -0.25) is 14.5 Å². The maximum absolute atomic E-state index is 13.4. The highest BCUT2D eigenvalue weighted by Crippen LogP contribution is 2.30. The predicted molar refractivity (Wildman–Crippen MR) is 128 cm³/mol. The molecule has 1 aliphatic carbocycles. The fraction of sp³-hybridized carbons (Fsp3) is 0.320. The van der Waals surface area contributed by atoms with E-state index in [4.69, 9.17) is 0 Å². The van der Waals surface area contributed by atoms with Crippen LogP contribution in [0.2, 0.25) is 0 Å². The van der Waals surface area contributed by atoms with Crippen molar-refractivity contribution in [1.82, 2.24) is 5.32 Å². The van der Waals surface area contributed by atoms with Crippen LogP contribution in [0, 0.1) is 11.7 Å². The standard InChI is InChI=1S/C25H26FN3O2S/c1-17-7-5-6-10-21(17)27-23(30)16-32-25-28-22(15-18-8-3-2-4-9-18)24(31)29(25)20-13-11-19(26)12-14-20/h2-4,8-9,11-15,17,21H,5-7,10,16H2,1H3,(H,27,30)/b22-15-. The van der Waals surface area contributed by atoms with Crippen molar-refractivity contribution in [2.75, 3.05) is 10.7 Å². The SMILES string of the molecule is CC1CCCCC1NC(=O)CSC1=N/C(=C\c2ccccc2)C(=O)N1c1ccc(F)cc1. The van der Waals surface area contributed by atoms with E-state index in [0.29, 0.717) is 16.8 Å². The number of aliphatic imine (C=N–C) groups is 1. The lowest BCUT2D eigenvalue weighted by atomic mass is 9.86. The van der Waals surface area contributed by atoms with Gasteiger partial charge >= 0.3 is 0 Å². The molecule has 1 aliphatic heterocycles. The summed E-state index contributed by atoms with van der Waals surface area (Å²) in [4.78, 5) is 31.7. The van der Waals surface area contributed by atoms with Gasteiger partial charge in [0.15, 0.2) is 5.17 Å². The first-order valence-electron chi connectivity index (χ1n) is 10.9. The van der Waals surface area contributed by atoms with E-state index in [1.54, 1.807) is 18.2 Å². The molecule has 5 nitrogen and oxygen atoms in total. The second-order valence-corrected chi connectivity index (χ2v) is 9.12. The molecule has 1 saturated carbocycles. The molecule has 1 fully saturated rings. The first-order chi connectivity index (χ1) is 15.5. The third-order valence-corrected chi connectivity index (χ3v) is 6.75. The smallest absolute Gasteiger partial charge is 0.283 e. The Balaban J connectivity index is 1.52. The number of hydrogen-bond donors (Lipinski definition) is 1. The van der Waals surface area contributed by atoms with Crippen LogP contribution in [0.5, 0.6) is 0 Å². The molecule has 0 radical (unpaired) electrons. The largest absolute Gasteiger partial charge is 0.352 e. The number of benzene rings is 2. The van der Waals surface area contributed by atoms with Crippen LogP contribution < -0.4 is 10.2 Å². The zero-order valence-corrected chi connectivity index (χ0v) is 18.8. The Kier molecular flexibility index (Phi) is 7.05. The average Bonchev–Trinajstić information content (AvgIpc) is 3.10. The van der Waals surface area contributed by atoms with Crippen LogP contribution in [-0.2, 0) is 9.59 Å². The number of anilines is 1. The lowest BCUT2D eigenvalue weighted by Gasteiger charge is -2.29. The first-order valence-corrected chi connectivity index (χ1v) is 11.9. The van der Waals surface area contributed by atoms with Crippen LogP contribution in [0.4, 0.5) is 10.1 Å². The molecule has 166 valence electrons. The molecule has 2 amide bonds. The lowest BCUT2D eigenvalue weighted by Crippen LogP contribution is -2.42. The van der Waals surface area contributed by atoms with Crippen LogP contribution in [0.3, 0.4) is 0 Å².